The molecule has 1 aliphatic carbocycles. The number of carboxylic acid groups (broad SMARTS) is 1. The Morgan fingerprint density at radius 3 is 2.31 bits per heavy atom. The topological polar surface area (TPSA) is 95.9 Å². The number of fused-ring (bicyclic) bond motifs is 3. The summed E-state index contributed by atoms with van der Waals surface area (Å²) in [5.41, 5.74) is 4.58. The molecule has 7 heteroatoms. The molecule has 1 fully saturated rings. The average Bonchev–Trinajstić information content (AvgIpc) is 3.14. The molecular formula is C25H28N2O5. The minimum absolute atomic E-state index is 0.0307. The minimum atomic E-state index is -0.977. The van der Waals surface area contributed by atoms with Crippen LogP contribution in [0.5, 0.6) is 0 Å². The van der Waals surface area contributed by atoms with E-state index in [-0.39, 0.29) is 25.0 Å². The molecule has 1 unspecified atom stereocenters. The van der Waals surface area contributed by atoms with Crippen molar-refractivity contribution in [1.29, 1.82) is 0 Å². The number of likely N-dealkylation sites (tertiary alicyclic amines) is 1. The molecule has 2 atom stereocenters. The molecule has 4 rings (SSSR count). The van der Waals surface area contributed by atoms with E-state index in [2.05, 4.69) is 29.6 Å². The van der Waals surface area contributed by atoms with Gasteiger partial charge in [0.2, 0.25) is 5.91 Å². The Hall–Kier alpha value is -3.35. The summed E-state index contributed by atoms with van der Waals surface area (Å²) in [6.07, 6.45) is 1.47. The smallest absolute Gasteiger partial charge is 0.407 e. The van der Waals surface area contributed by atoms with Gasteiger partial charge >= 0.3 is 12.1 Å². The van der Waals surface area contributed by atoms with Gasteiger partial charge in [-0.15, -0.1) is 0 Å². The second-order valence-electron chi connectivity index (χ2n) is 8.49. The summed E-state index contributed by atoms with van der Waals surface area (Å²) in [7, 11) is 0. The van der Waals surface area contributed by atoms with Crippen molar-refractivity contribution in [3.63, 3.8) is 0 Å². The van der Waals surface area contributed by atoms with E-state index in [9.17, 15) is 19.5 Å². The molecule has 0 bridgehead atoms. The maximum Gasteiger partial charge on any atom is 0.407 e. The van der Waals surface area contributed by atoms with Gasteiger partial charge in [-0.1, -0.05) is 55.5 Å². The zero-order valence-corrected chi connectivity index (χ0v) is 18.1. The van der Waals surface area contributed by atoms with Crippen molar-refractivity contribution < 1.29 is 24.2 Å². The first-order valence-electron chi connectivity index (χ1n) is 11.1. The second kappa shape index (κ2) is 9.42. The molecule has 0 spiro atoms. The van der Waals surface area contributed by atoms with Crippen molar-refractivity contribution in [1.82, 2.24) is 10.2 Å². The number of ether oxygens (including phenoxy) is 1. The lowest BCUT2D eigenvalue weighted by molar-refractivity contribution is -0.153. The Kier molecular flexibility index (Phi) is 6.44. The van der Waals surface area contributed by atoms with Crippen LogP contribution in [0.4, 0.5) is 4.79 Å². The Morgan fingerprint density at radius 1 is 1.06 bits per heavy atom. The summed E-state index contributed by atoms with van der Waals surface area (Å²) in [5.74, 6) is -1.79. The number of rotatable bonds is 6. The van der Waals surface area contributed by atoms with Crippen LogP contribution in [-0.2, 0) is 14.3 Å². The number of aliphatic carboxylic acids is 1. The van der Waals surface area contributed by atoms with Gasteiger partial charge in [0.15, 0.2) is 0 Å². The second-order valence-corrected chi connectivity index (χ2v) is 8.49. The first kappa shape index (κ1) is 21.9. The molecule has 1 aliphatic heterocycles. The van der Waals surface area contributed by atoms with E-state index in [4.69, 9.17) is 4.74 Å². The Morgan fingerprint density at radius 2 is 1.69 bits per heavy atom. The first-order valence-corrected chi connectivity index (χ1v) is 11.1. The first-order chi connectivity index (χ1) is 15.5. The maximum atomic E-state index is 12.7. The van der Waals surface area contributed by atoms with Gasteiger partial charge in [-0.05, 0) is 41.5 Å². The fourth-order valence-electron chi connectivity index (χ4n) is 4.71. The van der Waals surface area contributed by atoms with E-state index in [0.29, 0.717) is 13.0 Å². The molecule has 0 radical (unpaired) electrons. The van der Waals surface area contributed by atoms with E-state index >= 15 is 0 Å². The fourth-order valence-corrected chi connectivity index (χ4v) is 4.71. The van der Waals surface area contributed by atoms with Crippen LogP contribution in [0.1, 0.15) is 43.2 Å². The normalized spacial score (nSPS) is 18.4. The molecule has 2 aromatic carbocycles. The lowest BCUT2D eigenvalue weighted by atomic mass is 9.98. The molecule has 32 heavy (non-hydrogen) atoms. The molecule has 0 saturated carbocycles. The molecule has 2 aliphatic rings. The van der Waals surface area contributed by atoms with Crippen molar-refractivity contribution in [2.75, 3.05) is 19.7 Å². The molecule has 2 aromatic rings. The van der Waals surface area contributed by atoms with Crippen molar-refractivity contribution >= 4 is 18.0 Å². The molecule has 168 valence electrons. The summed E-state index contributed by atoms with van der Waals surface area (Å²) < 4.78 is 5.51. The van der Waals surface area contributed by atoms with E-state index in [1.807, 2.05) is 24.3 Å². The Labute approximate surface area is 187 Å². The van der Waals surface area contributed by atoms with Crippen molar-refractivity contribution in [2.45, 2.75) is 38.1 Å². The van der Waals surface area contributed by atoms with Gasteiger partial charge in [0.25, 0.3) is 0 Å². The summed E-state index contributed by atoms with van der Waals surface area (Å²) in [5, 5.41) is 12.0. The third kappa shape index (κ3) is 4.33. The monoisotopic (exact) mass is 436 g/mol. The number of carbonyl (C=O) groups is 3. The Balaban J connectivity index is 1.32. The van der Waals surface area contributed by atoms with Gasteiger partial charge in [0.1, 0.15) is 12.6 Å². The third-order valence-electron chi connectivity index (χ3n) is 6.39. The average molecular weight is 437 g/mol. The lowest BCUT2D eigenvalue weighted by Crippen LogP contribution is -2.51. The highest BCUT2D eigenvalue weighted by atomic mass is 16.5. The predicted molar refractivity (Wildman–Crippen MR) is 119 cm³/mol. The van der Waals surface area contributed by atoms with Crippen LogP contribution in [0.25, 0.3) is 11.1 Å². The molecule has 7 nitrogen and oxygen atoms in total. The van der Waals surface area contributed by atoms with E-state index in [0.717, 1.165) is 35.1 Å². The Bertz CT molecular complexity index is 975. The highest BCUT2D eigenvalue weighted by Gasteiger charge is 2.34. The van der Waals surface area contributed by atoms with E-state index in [1.165, 1.54) is 4.90 Å². The summed E-state index contributed by atoms with van der Waals surface area (Å²) in [6.45, 7) is 2.43. The lowest BCUT2D eigenvalue weighted by Gasteiger charge is -2.34. The van der Waals surface area contributed by atoms with Crippen molar-refractivity contribution in [3.8, 4) is 11.1 Å². The SMILES string of the molecule is CC(CNC(=O)OCC1c2ccccc2-c2ccccc21)C(=O)N1CCCC[C@@H]1C(=O)O. The number of hydrogen-bond acceptors (Lipinski definition) is 4. The van der Waals surface area contributed by atoms with Gasteiger partial charge in [-0.3, -0.25) is 4.79 Å². The zero-order valence-electron chi connectivity index (χ0n) is 18.1. The summed E-state index contributed by atoms with van der Waals surface area (Å²) >= 11 is 0. The minimum Gasteiger partial charge on any atom is -0.480 e. The number of benzene rings is 2. The number of alkyl carbamates (subject to hydrolysis) is 1. The van der Waals surface area contributed by atoms with Gasteiger partial charge in [-0.25, -0.2) is 9.59 Å². The van der Waals surface area contributed by atoms with Gasteiger partial charge < -0.3 is 20.1 Å². The quantitative estimate of drug-likeness (QED) is 0.721. The molecule has 1 saturated heterocycles. The van der Waals surface area contributed by atoms with Crippen LogP contribution in [-0.4, -0.2) is 53.7 Å². The number of carboxylic acids is 1. The zero-order chi connectivity index (χ0) is 22.7. The van der Waals surface area contributed by atoms with Crippen LogP contribution in [0.3, 0.4) is 0 Å². The van der Waals surface area contributed by atoms with Gasteiger partial charge in [0, 0.05) is 19.0 Å². The number of carbonyl (C=O) groups excluding carboxylic acids is 2. The van der Waals surface area contributed by atoms with E-state index in [1.54, 1.807) is 6.92 Å². The molecule has 2 amide bonds. The van der Waals surface area contributed by atoms with E-state index < -0.39 is 24.0 Å². The molecule has 1 heterocycles. The van der Waals surface area contributed by atoms with Crippen molar-refractivity contribution in [2.24, 2.45) is 5.92 Å². The van der Waals surface area contributed by atoms with Crippen LogP contribution in [0.15, 0.2) is 48.5 Å². The number of nitrogens with zero attached hydrogens (tertiary/aromatic N) is 1. The predicted octanol–water partition coefficient (Wildman–Crippen LogP) is 3.63. The summed E-state index contributed by atoms with van der Waals surface area (Å²) in [4.78, 5) is 38.0. The highest BCUT2D eigenvalue weighted by Crippen LogP contribution is 2.44. The van der Waals surface area contributed by atoms with Crippen molar-refractivity contribution in [3.05, 3.63) is 59.7 Å². The number of amides is 2. The van der Waals surface area contributed by atoms with Gasteiger partial charge in [-0.2, -0.15) is 0 Å². The largest absolute Gasteiger partial charge is 0.480 e. The van der Waals surface area contributed by atoms with Crippen LogP contribution in [0, 0.1) is 5.92 Å². The summed E-state index contributed by atoms with van der Waals surface area (Å²) in [6, 6.07) is 15.4. The number of piperidine rings is 1. The number of nitrogens with one attached hydrogen (secondary N) is 1. The van der Waals surface area contributed by atoms with Crippen LogP contribution < -0.4 is 5.32 Å². The van der Waals surface area contributed by atoms with Gasteiger partial charge in [0.05, 0.1) is 5.92 Å². The number of hydrogen-bond donors (Lipinski definition) is 2. The maximum absolute atomic E-state index is 12.7. The molecule has 0 aromatic heterocycles. The molecule has 2 N–H and O–H groups in total. The fraction of sp³-hybridized carbons (Fsp3) is 0.400. The standard InChI is InChI=1S/C25H28N2O5/c1-16(23(28)27-13-7-6-12-22(27)24(29)30)14-26-25(31)32-15-21-19-10-4-2-8-17(19)18-9-3-5-11-20(18)21/h2-5,8-11,16,21-22H,6-7,12-15H2,1H3,(H,26,31)(H,29,30)/t16?,22-/m1/s1. The van der Waals surface area contributed by atoms with Crippen LogP contribution >= 0.6 is 0 Å². The highest BCUT2D eigenvalue weighted by molar-refractivity contribution is 5.85. The van der Waals surface area contributed by atoms with Crippen LogP contribution in [0.2, 0.25) is 0 Å². The third-order valence-corrected chi connectivity index (χ3v) is 6.39. The molecular weight excluding hydrogens is 408 g/mol.